The van der Waals surface area contributed by atoms with Crippen molar-refractivity contribution in [1.29, 1.82) is 0 Å². The molecule has 3 amide bonds. The minimum atomic E-state index is -0.910. The fourth-order valence-corrected chi connectivity index (χ4v) is 3.61. The molecule has 2 heterocycles. The number of carbonyl (C=O) groups is 3. The largest absolute Gasteiger partial charge is 0.495 e. The smallest absolute Gasteiger partial charge is 0.283 e. The first-order valence-corrected chi connectivity index (χ1v) is 9.96. The normalized spacial score (nSPS) is 19.7. The lowest BCUT2D eigenvalue weighted by molar-refractivity contribution is -0.136. The van der Waals surface area contributed by atoms with Crippen molar-refractivity contribution in [3.63, 3.8) is 0 Å². The SMILES string of the molecule is COc1ccc(Cl)cc1N1CC(C(=O)NNC(=O)C2COc3ccccc3O2)CC1=O. The Kier molecular flexibility index (Phi) is 5.85. The summed E-state index contributed by atoms with van der Waals surface area (Å²) in [6.45, 7) is 0.149. The predicted molar refractivity (Wildman–Crippen MR) is 111 cm³/mol. The molecule has 1 saturated heterocycles. The Hall–Kier alpha value is -3.46. The van der Waals surface area contributed by atoms with E-state index in [4.69, 9.17) is 25.8 Å². The van der Waals surface area contributed by atoms with Crippen molar-refractivity contribution in [2.24, 2.45) is 5.92 Å². The minimum absolute atomic E-state index is 0.00616. The fourth-order valence-electron chi connectivity index (χ4n) is 3.44. The van der Waals surface area contributed by atoms with Crippen LogP contribution in [0.3, 0.4) is 0 Å². The minimum Gasteiger partial charge on any atom is -0.495 e. The monoisotopic (exact) mass is 445 g/mol. The zero-order valence-electron chi connectivity index (χ0n) is 16.6. The molecular weight excluding hydrogens is 426 g/mol. The molecule has 0 bridgehead atoms. The fraction of sp³-hybridized carbons (Fsp3) is 0.286. The van der Waals surface area contributed by atoms with Crippen molar-refractivity contribution >= 4 is 35.0 Å². The molecule has 2 unspecified atom stereocenters. The molecule has 0 aromatic heterocycles. The Morgan fingerprint density at radius 1 is 1.13 bits per heavy atom. The second kappa shape index (κ2) is 8.73. The van der Waals surface area contributed by atoms with Gasteiger partial charge in [-0.15, -0.1) is 0 Å². The highest BCUT2D eigenvalue weighted by atomic mass is 35.5. The number of benzene rings is 2. The van der Waals surface area contributed by atoms with Crippen LogP contribution >= 0.6 is 11.6 Å². The first-order valence-electron chi connectivity index (χ1n) is 9.58. The summed E-state index contributed by atoms with van der Waals surface area (Å²) in [4.78, 5) is 38.8. The molecule has 1 fully saturated rings. The first-order chi connectivity index (χ1) is 15.0. The molecule has 2 aromatic carbocycles. The number of anilines is 1. The molecule has 162 valence electrons. The standard InChI is InChI=1S/C21H20ClN3O6/c1-29-15-7-6-13(22)9-14(15)25-10-12(8-19(25)26)20(27)23-24-21(28)18-11-30-16-4-2-3-5-17(16)31-18/h2-7,9,12,18H,8,10-11H2,1H3,(H,23,27)(H,24,28). The van der Waals surface area contributed by atoms with E-state index >= 15 is 0 Å². The van der Waals surface area contributed by atoms with Gasteiger partial charge < -0.3 is 19.1 Å². The Balaban J connectivity index is 1.34. The quantitative estimate of drug-likeness (QED) is 0.694. The summed E-state index contributed by atoms with van der Waals surface area (Å²) in [5.74, 6) is -0.456. The zero-order valence-corrected chi connectivity index (χ0v) is 17.3. The summed E-state index contributed by atoms with van der Waals surface area (Å²) in [5, 5.41) is 0.444. The lowest BCUT2D eigenvalue weighted by atomic mass is 10.1. The molecule has 0 spiro atoms. The molecule has 9 nitrogen and oxygen atoms in total. The van der Waals surface area contributed by atoms with E-state index in [1.807, 2.05) is 0 Å². The van der Waals surface area contributed by atoms with Crippen LogP contribution in [0.15, 0.2) is 42.5 Å². The number of nitrogens with one attached hydrogen (secondary N) is 2. The van der Waals surface area contributed by atoms with Gasteiger partial charge in [0, 0.05) is 18.0 Å². The number of halogens is 1. The van der Waals surface area contributed by atoms with E-state index in [1.165, 1.54) is 12.0 Å². The van der Waals surface area contributed by atoms with Crippen LogP contribution in [0.25, 0.3) is 0 Å². The van der Waals surface area contributed by atoms with Crippen molar-refractivity contribution in [2.45, 2.75) is 12.5 Å². The Bertz CT molecular complexity index is 1030. The summed E-state index contributed by atoms with van der Waals surface area (Å²) in [6, 6.07) is 11.9. The van der Waals surface area contributed by atoms with Crippen LogP contribution in [0.2, 0.25) is 5.02 Å². The highest BCUT2D eigenvalue weighted by molar-refractivity contribution is 6.31. The van der Waals surface area contributed by atoms with E-state index in [-0.39, 0.29) is 25.5 Å². The summed E-state index contributed by atoms with van der Waals surface area (Å²) >= 11 is 6.05. The van der Waals surface area contributed by atoms with E-state index in [9.17, 15) is 14.4 Å². The average Bonchev–Trinajstić information content (AvgIpc) is 3.18. The number of fused-ring (bicyclic) bond motifs is 1. The highest BCUT2D eigenvalue weighted by Crippen LogP contribution is 2.35. The molecule has 0 radical (unpaired) electrons. The zero-order chi connectivity index (χ0) is 22.0. The van der Waals surface area contributed by atoms with E-state index in [2.05, 4.69) is 10.9 Å². The van der Waals surface area contributed by atoms with Gasteiger partial charge in [0.15, 0.2) is 11.5 Å². The van der Waals surface area contributed by atoms with Gasteiger partial charge in [-0.05, 0) is 30.3 Å². The number of rotatable bonds is 4. The maximum Gasteiger partial charge on any atom is 0.283 e. The van der Waals surface area contributed by atoms with Crippen LogP contribution < -0.4 is 30.0 Å². The van der Waals surface area contributed by atoms with Crippen molar-refractivity contribution < 1.29 is 28.6 Å². The van der Waals surface area contributed by atoms with Crippen molar-refractivity contribution in [3.8, 4) is 17.2 Å². The molecule has 2 aliphatic rings. The van der Waals surface area contributed by atoms with Gasteiger partial charge in [-0.3, -0.25) is 25.2 Å². The van der Waals surface area contributed by atoms with Gasteiger partial charge in [0.2, 0.25) is 17.9 Å². The third kappa shape index (κ3) is 4.36. The molecule has 0 aliphatic carbocycles. The summed E-state index contributed by atoms with van der Waals surface area (Å²) in [5.41, 5.74) is 5.20. The van der Waals surface area contributed by atoms with E-state index < -0.39 is 23.8 Å². The highest BCUT2D eigenvalue weighted by Gasteiger charge is 2.37. The number of nitrogens with zero attached hydrogens (tertiary/aromatic N) is 1. The number of para-hydroxylation sites is 2. The number of methoxy groups -OCH3 is 1. The maximum absolute atomic E-state index is 12.5. The van der Waals surface area contributed by atoms with Crippen molar-refractivity contribution in [2.75, 3.05) is 25.2 Å². The molecule has 2 aromatic rings. The van der Waals surface area contributed by atoms with Crippen LogP contribution in [-0.4, -0.2) is 44.1 Å². The second-order valence-corrected chi connectivity index (χ2v) is 7.50. The van der Waals surface area contributed by atoms with Gasteiger partial charge in [-0.25, -0.2) is 0 Å². The summed E-state index contributed by atoms with van der Waals surface area (Å²) in [6.07, 6.45) is -0.916. The van der Waals surface area contributed by atoms with E-state index in [0.29, 0.717) is 28.0 Å². The Labute approximate surface area is 183 Å². The third-order valence-electron chi connectivity index (χ3n) is 5.04. The van der Waals surface area contributed by atoms with Gasteiger partial charge in [-0.2, -0.15) is 0 Å². The van der Waals surface area contributed by atoms with Gasteiger partial charge in [0.25, 0.3) is 5.91 Å². The van der Waals surface area contributed by atoms with Crippen LogP contribution in [0.5, 0.6) is 17.2 Å². The Morgan fingerprint density at radius 2 is 1.87 bits per heavy atom. The van der Waals surface area contributed by atoms with Gasteiger partial charge in [0.1, 0.15) is 12.4 Å². The number of carbonyl (C=O) groups excluding carboxylic acids is 3. The summed E-state index contributed by atoms with van der Waals surface area (Å²) < 4.78 is 16.4. The molecule has 0 saturated carbocycles. The molecule has 2 aliphatic heterocycles. The molecular formula is C21H20ClN3O6. The van der Waals surface area contributed by atoms with Gasteiger partial charge in [0.05, 0.1) is 18.7 Å². The van der Waals surface area contributed by atoms with E-state index in [1.54, 1.807) is 42.5 Å². The van der Waals surface area contributed by atoms with Crippen molar-refractivity contribution in [1.82, 2.24) is 10.9 Å². The number of ether oxygens (including phenoxy) is 3. The number of hydrazine groups is 1. The van der Waals surface area contributed by atoms with Crippen LogP contribution in [0, 0.1) is 5.92 Å². The maximum atomic E-state index is 12.5. The lowest BCUT2D eigenvalue weighted by Gasteiger charge is -2.25. The second-order valence-electron chi connectivity index (χ2n) is 7.06. The van der Waals surface area contributed by atoms with Crippen LogP contribution in [-0.2, 0) is 14.4 Å². The predicted octanol–water partition coefficient (Wildman–Crippen LogP) is 1.69. The van der Waals surface area contributed by atoms with Gasteiger partial charge in [-0.1, -0.05) is 23.7 Å². The molecule has 31 heavy (non-hydrogen) atoms. The van der Waals surface area contributed by atoms with Crippen LogP contribution in [0.4, 0.5) is 5.69 Å². The number of amides is 3. The topological polar surface area (TPSA) is 106 Å². The first kappa shape index (κ1) is 20.8. The van der Waals surface area contributed by atoms with Gasteiger partial charge >= 0.3 is 0 Å². The van der Waals surface area contributed by atoms with Crippen molar-refractivity contribution in [3.05, 3.63) is 47.5 Å². The molecule has 10 heteroatoms. The Morgan fingerprint density at radius 3 is 2.65 bits per heavy atom. The number of hydrogen-bond donors (Lipinski definition) is 2. The van der Waals surface area contributed by atoms with Crippen LogP contribution in [0.1, 0.15) is 6.42 Å². The average molecular weight is 446 g/mol. The molecule has 2 atom stereocenters. The third-order valence-corrected chi connectivity index (χ3v) is 5.27. The number of hydrogen-bond acceptors (Lipinski definition) is 6. The lowest BCUT2D eigenvalue weighted by Crippen LogP contribution is -2.52. The molecule has 2 N–H and O–H groups in total. The summed E-state index contributed by atoms with van der Waals surface area (Å²) in [7, 11) is 1.49. The van der Waals surface area contributed by atoms with E-state index in [0.717, 1.165) is 0 Å². The molecule has 4 rings (SSSR count).